The number of nitrogens with zero attached hydrogens (tertiary/aromatic N) is 3. The highest BCUT2D eigenvalue weighted by molar-refractivity contribution is 6.26. The molecule has 4 aromatic heterocycles. The van der Waals surface area contributed by atoms with Crippen LogP contribution in [0.15, 0.2) is 67.0 Å². The molecular formula is C51H45N3. The third-order valence-corrected chi connectivity index (χ3v) is 19.3. The third-order valence-electron chi connectivity index (χ3n) is 19.3. The number of pyridine rings is 2. The van der Waals surface area contributed by atoms with Gasteiger partial charge in [0.05, 0.1) is 28.9 Å². The Morgan fingerprint density at radius 1 is 0.556 bits per heavy atom. The molecule has 3 nitrogen and oxygen atoms in total. The van der Waals surface area contributed by atoms with E-state index in [1.54, 1.807) is 21.9 Å². The second-order valence-electron chi connectivity index (χ2n) is 21.1. The van der Waals surface area contributed by atoms with Crippen molar-refractivity contribution in [2.24, 2.45) is 34.5 Å². The van der Waals surface area contributed by atoms with Crippen molar-refractivity contribution in [2.45, 2.75) is 107 Å². The van der Waals surface area contributed by atoms with E-state index in [0.29, 0.717) is 34.5 Å². The van der Waals surface area contributed by atoms with Crippen molar-refractivity contribution in [1.82, 2.24) is 14.4 Å². The van der Waals surface area contributed by atoms with Crippen molar-refractivity contribution in [3.8, 4) is 22.3 Å². The van der Waals surface area contributed by atoms with Crippen LogP contribution in [0.2, 0.25) is 0 Å². The molecule has 16 rings (SSSR count). The predicted octanol–water partition coefficient (Wildman–Crippen LogP) is 12.4. The van der Waals surface area contributed by atoms with E-state index in [-0.39, 0.29) is 5.41 Å². The molecule has 9 aliphatic carbocycles. The van der Waals surface area contributed by atoms with Gasteiger partial charge in [0.15, 0.2) is 0 Å². The number of hydrogen-bond donors (Lipinski definition) is 0. The summed E-state index contributed by atoms with van der Waals surface area (Å²) < 4.78 is 2.67. The fourth-order valence-corrected chi connectivity index (χ4v) is 17.3. The summed E-state index contributed by atoms with van der Waals surface area (Å²) in [7, 11) is 0. The maximum Gasteiger partial charge on any atom is 0.0728 e. The van der Waals surface area contributed by atoms with Crippen molar-refractivity contribution in [2.75, 3.05) is 0 Å². The lowest BCUT2D eigenvalue weighted by Crippen LogP contribution is -2.41. The summed E-state index contributed by atoms with van der Waals surface area (Å²) in [4.78, 5) is 11.1. The zero-order valence-corrected chi connectivity index (χ0v) is 31.4. The normalized spacial score (nSPS) is 37.4. The minimum Gasteiger partial charge on any atom is -0.305 e. The highest BCUT2D eigenvalue weighted by Gasteiger charge is 2.67. The first-order valence-electron chi connectivity index (χ1n) is 21.7. The topological polar surface area (TPSA) is 30.2 Å². The summed E-state index contributed by atoms with van der Waals surface area (Å²) in [5, 5.41) is 6.05. The van der Waals surface area contributed by atoms with Crippen molar-refractivity contribution in [3.05, 3.63) is 101 Å². The summed E-state index contributed by atoms with van der Waals surface area (Å²) in [6.07, 6.45) is 18.7. The molecule has 10 unspecified atom stereocenters. The minimum absolute atomic E-state index is 0.0196. The van der Waals surface area contributed by atoms with E-state index in [4.69, 9.17) is 9.97 Å². The summed E-state index contributed by atoms with van der Waals surface area (Å²) in [6.45, 7) is 4.86. The Hall–Kier alpha value is -4.24. The molecule has 4 heterocycles. The highest BCUT2D eigenvalue weighted by Crippen LogP contribution is 2.78. The van der Waals surface area contributed by atoms with Gasteiger partial charge in [-0.25, -0.2) is 0 Å². The Labute approximate surface area is 315 Å². The molecule has 9 aliphatic rings. The van der Waals surface area contributed by atoms with Crippen LogP contribution in [0.5, 0.6) is 0 Å². The lowest BCUT2D eigenvalue weighted by molar-refractivity contribution is 0.00321. The van der Waals surface area contributed by atoms with Gasteiger partial charge in [-0.2, -0.15) is 0 Å². The summed E-state index contributed by atoms with van der Waals surface area (Å²) in [5.74, 6) is 6.42. The van der Waals surface area contributed by atoms with Crippen LogP contribution < -0.4 is 0 Å². The van der Waals surface area contributed by atoms with Gasteiger partial charge in [-0.05, 0) is 173 Å². The number of hydrogen-bond acceptors (Lipinski definition) is 2. The van der Waals surface area contributed by atoms with Crippen molar-refractivity contribution in [3.63, 3.8) is 0 Å². The van der Waals surface area contributed by atoms with Gasteiger partial charge in [-0.1, -0.05) is 50.2 Å². The Morgan fingerprint density at radius 2 is 1.09 bits per heavy atom. The molecule has 0 radical (unpaired) electrons. The maximum absolute atomic E-state index is 5.56. The molecule has 0 saturated heterocycles. The zero-order chi connectivity index (χ0) is 34.8. The van der Waals surface area contributed by atoms with Gasteiger partial charge in [0.2, 0.25) is 0 Å². The summed E-state index contributed by atoms with van der Waals surface area (Å²) in [5.41, 5.74) is 20.1. The van der Waals surface area contributed by atoms with E-state index in [9.17, 15) is 0 Å². The van der Waals surface area contributed by atoms with Crippen LogP contribution in [-0.2, 0) is 5.41 Å². The van der Waals surface area contributed by atoms with Crippen LogP contribution >= 0.6 is 0 Å². The van der Waals surface area contributed by atoms with Crippen LogP contribution in [0.4, 0.5) is 0 Å². The van der Waals surface area contributed by atoms with Crippen molar-refractivity contribution >= 4 is 38.1 Å². The molecule has 0 N–H and O–H groups in total. The van der Waals surface area contributed by atoms with E-state index in [0.717, 1.165) is 23.7 Å². The van der Waals surface area contributed by atoms with Gasteiger partial charge in [-0.15, -0.1) is 0 Å². The fourth-order valence-electron chi connectivity index (χ4n) is 17.3. The fraction of sp³-hybridized carbons (Fsp3) is 0.451. The lowest BCUT2D eigenvalue weighted by atomic mass is 9.56. The molecule has 7 aromatic rings. The summed E-state index contributed by atoms with van der Waals surface area (Å²) in [6, 6.07) is 21.8. The van der Waals surface area contributed by atoms with Crippen LogP contribution in [0.1, 0.15) is 135 Å². The molecule has 3 aromatic carbocycles. The van der Waals surface area contributed by atoms with Crippen molar-refractivity contribution in [1.29, 1.82) is 0 Å². The largest absolute Gasteiger partial charge is 0.305 e. The lowest BCUT2D eigenvalue weighted by Gasteiger charge is -2.48. The average Bonchev–Trinajstić information content (AvgIpc) is 4.00. The second kappa shape index (κ2) is 8.45. The molecule has 0 amide bonds. The molecule has 0 aliphatic heterocycles. The maximum atomic E-state index is 5.56. The number of rotatable bonds is 1. The van der Waals surface area contributed by atoms with Gasteiger partial charge in [-0.3, -0.25) is 9.97 Å². The molecule has 10 atom stereocenters. The second-order valence-corrected chi connectivity index (χ2v) is 21.1. The van der Waals surface area contributed by atoms with E-state index >= 15 is 0 Å². The van der Waals surface area contributed by atoms with E-state index < -0.39 is 0 Å². The van der Waals surface area contributed by atoms with Gasteiger partial charge in [0.25, 0.3) is 0 Å². The van der Waals surface area contributed by atoms with E-state index in [2.05, 4.69) is 85.2 Å². The molecule has 6 bridgehead atoms. The van der Waals surface area contributed by atoms with Crippen LogP contribution in [0, 0.1) is 34.5 Å². The first kappa shape index (κ1) is 28.2. The minimum atomic E-state index is -0.0196. The molecule has 6 fully saturated rings. The van der Waals surface area contributed by atoms with Gasteiger partial charge >= 0.3 is 0 Å². The van der Waals surface area contributed by atoms with E-state index in [1.165, 1.54) is 136 Å². The Balaban J connectivity index is 1.02. The quantitative estimate of drug-likeness (QED) is 0.171. The standard InChI is InChI=1S/C51H45N3/c1-49(2)38-6-4-3-5-34(38)35-8-7-24(15-39(35)49)25-13-36-44-40(22-52-46-28-11-32-16-30-9-26(42(44)46)18-50(30,32)20-28)54-41-23-53-47-29-12-33-17-31-10-27(19-51(31,33)21-29)43(47)45(41)37(14-25)48(36)54/h3-8,13-15,22-23,26-33H,9-12,16-21H2,1-2H3. The molecule has 264 valence electrons. The summed E-state index contributed by atoms with van der Waals surface area (Å²) >= 11 is 0. The first-order valence-corrected chi connectivity index (χ1v) is 21.7. The molecule has 2 spiro atoms. The Kier molecular flexibility index (Phi) is 4.41. The van der Waals surface area contributed by atoms with Crippen molar-refractivity contribution < 1.29 is 0 Å². The van der Waals surface area contributed by atoms with Crippen LogP contribution in [0.3, 0.4) is 0 Å². The zero-order valence-electron chi connectivity index (χ0n) is 31.4. The number of aromatic nitrogens is 3. The van der Waals surface area contributed by atoms with Gasteiger partial charge in [0.1, 0.15) is 0 Å². The number of fused-ring (bicyclic) bond motifs is 21. The van der Waals surface area contributed by atoms with Crippen LogP contribution in [-0.4, -0.2) is 14.4 Å². The molecule has 3 heteroatoms. The monoisotopic (exact) mass is 699 g/mol. The predicted molar refractivity (Wildman–Crippen MR) is 216 cm³/mol. The smallest absolute Gasteiger partial charge is 0.0728 e. The SMILES string of the molecule is CC1(C)c2ccccc2-c2ccc(-c3cc4c5c6c(ncc5n5c7cnc8c(c7c(c3)c45)C3CC4CC5CC8CC54C3)C3CC4CC5CC6CC45C3)cc21. The molecule has 54 heavy (non-hydrogen) atoms. The van der Waals surface area contributed by atoms with Gasteiger partial charge in [0, 0.05) is 50.2 Å². The third kappa shape index (κ3) is 2.78. The Morgan fingerprint density at radius 3 is 1.70 bits per heavy atom. The number of benzene rings is 3. The highest BCUT2D eigenvalue weighted by atomic mass is 15.0. The van der Waals surface area contributed by atoms with E-state index in [1.807, 2.05) is 0 Å². The molecule has 6 saturated carbocycles. The molecular weight excluding hydrogens is 655 g/mol. The Bertz CT molecular complexity index is 2820. The first-order chi connectivity index (χ1) is 26.4. The average molecular weight is 700 g/mol. The van der Waals surface area contributed by atoms with Crippen LogP contribution in [0.25, 0.3) is 60.3 Å². The van der Waals surface area contributed by atoms with Gasteiger partial charge < -0.3 is 4.40 Å².